The lowest BCUT2D eigenvalue weighted by Gasteiger charge is -2.33. The van der Waals surface area contributed by atoms with E-state index in [1.54, 1.807) is 0 Å². The van der Waals surface area contributed by atoms with E-state index in [1.165, 1.54) is 31.2 Å². The van der Waals surface area contributed by atoms with Crippen LogP contribution in [0, 0.1) is 0 Å². The first kappa shape index (κ1) is 23.9. The van der Waals surface area contributed by atoms with Gasteiger partial charge in [0.2, 0.25) is 0 Å². The van der Waals surface area contributed by atoms with Crippen LogP contribution in [-0.4, -0.2) is 62.2 Å². The summed E-state index contributed by atoms with van der Waals surface area (Å²) in [4.78, 5) is 14.0. The van der Waals surface area contributed by atoms with Crippen LogP contribution >= 0.6 is 24.0 Å². The first-order chi connectivity index (χ1) is 12.7. The van der Waals surface area contributed by atoms with Gasteiger partial charge in [-0.3, -0.25) is 0 Å². The molecule has 2 N–H and O–H groups in total. The summed E-state index contributed by atoms with van der Waals surface area (Å²) in [5, 5.41) is 6.77. The number of aliphatic imine (C=N–C) groups is 1. The van der Waals surface area contributed by atoms with E-state index in [4.69, 9.17) is 4.99 Å². The maximum Gasteiger partial charge on any atom is 0.191 e. The lowest BCUT2D eigenvalue weighted by molar-refractivity contribution is 0.312. The molecule has 27 heavy (non-hydrogen) atoms. The summed E-state index contributed by atoms with van der Waals surface area (Å²) in [6, 6.07) is 4.24. The largest absolute Gasteiger partial charge is 0.357 e. The van der Waals surface area contributed by atoms with E-state index in [9.17, 15) is 0 Å². The second-order valence-corrected chi connectivity index (χ2v) is 7.00. The Hall–Kier alpha value is -1.09. The fourth-order valence-electron chi connectivity index (χ4n) is 3.04. The van der Waals surface area contributed by atoms with Gasteiger partial charge in [-0.1, -0.05) is 26.2 Å². The van der Waals surface area contributed by atoms with Gasteiger partial charge in [-0.25, -0.2) is 9.98 Å². The Morgan fingerprint density at radius 1 is 1.11 bits per heavy atom. The van der Waals surface area contributed by atoms with Crippen LogP contribution in [0.5, 0.6) is 0 Å². The normalized spacial score (nSPS) is 15.4. The Balaban J connectivity index is 0.00000364. The molecule has 0 bridgehead atoms. The van der Waals surface area contributed by atoms with Crippen molar-refractivity contribution < 1.29 is 0 Å². The number of unbranched alkanes of at least 4 members (excludes halogenated alkanes) is 3. The van der Waals surface area contributed by atoms with Gasteiger partial charge in [0.1, 0.15) is 5.82 Å². The average molecular weight is 488 g/mol. The number of hydrogen-bond donors (Lipinski definition) is 2. The first-order valence-electron chi connectivity index (χ1n) is 10.1. The van der Waals surface area contributed by atoms with Crippen molar-refractivity contribution in [1.29, 1.82) is 0 Å². The number of nitrogens with one attached hydrogen (secondary N) is 2. The molecule has 6 nitrogen and oxygen atoms in total. The number of guanidine groups is 1. The van der Waals surface area contributed by atoms with Crippen LogP contribution in [0.2, 0.25) is 0 Å². The summed E-state index contributed by atoms with van der Waals surface area (Å²) in [7, 11) is 2.17. The van der Waals surface area contributed by atoms with E-state index >= 15 is 0 Å². The molecule has 0 amide bonds. The van der Waals surface area contributed by atoms with Crippen LogP contribution in [-0.2, 0) is 6.54 Å². The van der Waals surface area contributed by atoms with Crippen molar-refractivity contribution in [2.75, 3.05) is 51.2 Å². The minimum atomic E-state index is 0. The van der Waals surface area contributed by atoms with Gasteiger partial charge in [0, 0.05) is 45.5 Å². The molecule has 0 unspecified atom stereocenters. The summed E-state index contributed by atoms with van der Waals surface area (Å²) < 4.78 is 0. The number of likely N-dealkylation sites (N-methyl/N-ethyl adjacent to an activating group) is 1. The molecule has 1 saturated heterocycles. The van der Waals surface area contributed by atoms with Crippen molar-refractivity contribution in [3.63, 3.8) is 0 Å². The third kappa shape index (κ3) is 9.10. The Morgan fingerprint density at radius 2 is 1.89 bits per heavy atom. The number of aromatic nitrogens is 1. The molecule has 0 radical (unpaired) electrons. The fourth-order valence-corrected chi connectivity index (χ4v) is 3.04. The van der Waals surface area contributed by atoms with Crippen LogP contribution in [0.15, 0.2) is 23.3 Å². The Labute approximate surface area is 182 Å². The number of pyridine rings is 1. The van der Waals surface area contributed by atoms with Crippen LogP contribution < -0.4 is 15.5 Å². The van der Waals surface area contributed by atoms with Crippen molar-refractivity contribution in [1.82, 2.24) is 20.5 Å². The summed E-state index contributed by atoms with van der Waals surface area (Å²) in [5.41, 5.74) is 1.21. The highest BCUT2D eigenvalue weighted by atomic mass is 127. The van der Waals surface area contributed by atoms with E-state index in [2.05, 4.69) is 58.4 Å². The molecule has 0 aromatic carbocycles. The van der Waals surface area contributed by atoms with Crippen LogP contribution in [0.4, 0.5) is 5.82 Å². The molecule has 2 heterocycles. The smallest absolute Gasteiger partial charge is 0.191 e. The number of halogens is 1. The van der Waals surface area contributed by atoms with Gasteiger partial charge in [0.05, 0.1) is 6.54 Å². The lowest BCUT2D eigenvalue weighted by atomic mass is 10.2. The summed E-state index contributed by atoms with van der Waals surface area (Å²) in [5.74, 6) is 1.98. The van der Waals surface area contributed by atoms with Crippen molar-refractivity contribution in [3.05, 3.63) is 23.9 Å². The van der Waals surface area contributed by atoms with Crippen LogP contribution in [0.3, 0.4) is 0 Å². The van der Waals surface area contributed by atoms with E-state index < -0.39 is 0 Å². The molecule has 1 aliphatic rings. The van der Waals surface area contributed by atoms with Crippen molar-refractivity contribution in [3.8, 4) is 0 Å². The first-order valence-corrected chi connectivity index (χ1v) is 10.1. The topological polar surface area (TPSA) is 55.8 Å². The quantitative estimate of drug-likeness (QED) is 0.242. The molecule has 0 atom stereocenters. The predicted octanol–water partition coefficient (Wildman–Crippen LogP) is 3.09. The van der Waals surface area contributed by atoms with E-state index in [0.29, 0.717) is 6.54 Å². The van der Waals surface area contributed by atoms with E-state index in [1.807, 2.05) is 6.20 Å². The third-order valence-electron chi connectivity index (χ3n) is 4.72. The molecule has 0 aliphatic carbocycles. The van der Waals surface area contributed by atoms with Gasteiger partial charge < -0.3 is 20.4 Å². The van der Waals surface area contributed by atoms with Crippen molar-refractivity contribution >= 4 is 35.8 Å². The van der Waals surface area contributed by atoms with Gasteiger partial charge in [-0.15, -0.1) is 24.0 Å². The van der Waals surface area contributed by atoms with E-state index in [0.717, 1.165) is 51.0 Å². The number of anilines is 1. The van der Waals surface area contributed by atoms with Crippen LogP contribution in [0.1, 0.15) is 45.1 Å². The van der Waals surface area contributed by atoms with Gasteiger partial charge >= 0.3 is 0 Å². The van der Waals surface area contributed by atoms with Gasteiger partial charge in [0.25, 0.3) is 0 Å². The maximum absolute atomic E-state index is 4.74. The SMILES string of the molecule is CCCCCCNC(=NCc1ccnc(N2CCN(C)CC2)c1)NCC.I. The number of piperazine rings is 1. The minimum Gasteiger partial charge on any atom is -0.357 e. The zero-order chi connectivity index (χ0) is 18.6. The molecule has 7 heteroatoms. The molecule has 1 fully saturated rings. The maximum atomic E-state index is 4.74. The molecule has 154 valence electrons. The van der Waals surface area contributed by atoms with Gasteiger partial charge in [-0.2, -0.15) is 0 Å². The highest BCUT2D eigenvalue weighted by Crippen LogP contribution is 2.15. The second kappa shape index (κ2) is 14.0. The molecular weight excluding hydrogens is 451 g/mol. The summed E-state index contributed by atoms with van der Waals surface area (Å²) in [6.45, 7) is 11.1. The zero-order valence-corrected chi connectivity index (χ0v) is 19.5. The fraction of sp³-hybridized carbons (Fsp3) is 0.700. The lowest BCUT2D eigenvalue weighted by Crippen LogP contribution is -2.44. The molecule has 0 spiro atoms. The third-order valence-corrected chi connectivity index (χ3v) is 4.72. The van der Waals surface area contributed by atoms with Gasteiger partial charge in [-0.05, 0) is 38.1 Å². The minimum absolute atomic E-state index is 0. The van der Waals surface area contributed by atoms with Gasteiger partial charge in [0.15, 0.2) is 5.96 Å². The molecule has 2 rings (SSSR count). The van der Waals surface area contributed by atoms with Crippen molar-refractivity contribution in [2.24, 2.45) is 4.99 Å². The number of nitrogens with zero attached hydrogens (tertiary/aromatic N) is 4. The van der Waals surface area contributed by atoms with Crippen LogP contribution in [0.25, 0.3) is 0 Å². The Morgan fingerprint density at radius 3 is 2.59 bits per heavy atom. The zero-order valence-electron chi connectivity index (χ0n) is 17.2. The molecule has 0 saturated carbocycles. The summed E-state index contributed by atoms with van der Waals surface area (Å²) in [6.07, 6.45) is 6.96. The highest BCUT2D eigenvalue weighted by molar-refractivity contribution is 14.0. The molecule has 1 aromatic rings. The molecular formula is C20H37IN6. The second-order valence-electron chi connectivity index (χ2n) is 7.00. The molecule has 1 aliphatic heterocycles. The number of hydrogen-bond acceptors (Lipinski definition) is 4. The monoisotopic (exact) mass is 488 g/mol. The predicted molar refractivity (Wildman–Crippen MR) is 126 cm³/mol. The summed E-state index contributed by atoms with van der Waals surface area (Å²) >= 11 is 0. The molecule has 1 aromatic heterocycles. The average Bonchev–Trinajstić information content (AvgIpc) is 2.66. The Bertz CT molecular complexity index is 543. The Kier molecular flexibility index (Phi) is 12.4. The van der Waals surface area contributed by atoms with Crippen molar-refractivity contribution in [2.45, 2.75) is 46.1 Å². The number of rotatable bonds is 9. The standard InChI is InChI=1S/C20H36N6.HI/c1-4-6-7-8-10-23-20(21-5-2)24-17-18-9-11-22-19(16-18)26-14-12-25(3)13-15-26;/h9,11,16H,4-8,10,12-15,17H2,1-3H3,(H2,21,23,24);1H. The highest BCUT2D eigenvalue weighted by Gasteiger charge is 2.15. The van der Waals surface area contributed by atoms with E-state index in [-0.39, 0.29) is 24.0 Å².